The van der Waals surface area contributed by atoms with Gasteiger partial charge in [-0.1, -0.05) is 0 Å². The predicted octanol–water partition coefficient (Wildman–Crippen LogP) is 0.538. The number of guanidine groups is 1. The van der Waals surface area contributed by atoms with E-state index in [2.05, 4.69) is 32.3 Å². The van der Waals surface area contributed by atoms with Crippen molar-refractivity contribution in [2.24, 2.45) is 4.99 Å². The van der Waals surface area contributed by atoms with Crippen LogP contribution >= 0.6 is 0 Å². The van der Waals surface area contributed by atoms with E-state index in [1.165, 1.54) is 0 Å². The van der Waals surface area contributed by atoms with E-state index in [4.69, 9.17) is 4.74 Å². The summed E-state index contributed by atoms with van der Waals surface area (Å²) in [6.45, 7) is 11.1. The van der Waals surface area contributed by atoms with Gasteiger partial charge in [-0.05, 0) is 20.8 Å². The molecule has 1 N–H and O–H groups in total. The summed E-state index contributed by atoms with van der Waals surface area (Å²) in [4.78, 5) is 20.3. The molecule has 1 aliphatic heterocycles. The van der Waals surface area contributed by atoms with Crippen molar-refractivity contribution in [2.75, 3.05) is 39.3 Å². The number of aliphatic imine (C=N–C) groups is 1. The average molecular weight is 337 g/mol. The maximum atomic E-state index is 11.8. The molecule has 0 aliphatic carbocycles. The highest BCUT2D eigenvalue weighted by molar-refractivity contribution is 5.80. The Balaban J connectivity index is 1.96. The molecule has 0 unspecified atom stereocenters. The van der Waals surface area contributed by atoms with Crippen LogP contribution in [-0.4, -0.2) is 75.9 Å². The molecule has 2 heterocycles. The zero-order valence-corrected chi connectivity index (χ0v) is 14.7. The summed E-state index contributed by atoms with van der Waals surface area (Å²) in [5, 5.41) is 11.3. The Hall–Kier alpha value is -2.32. The third-order valence-corrected chi connectivity index (χ3v) is 3.85. The minimum absolute atomic E-state index is 0.241. The van der Waals surface area contributed by atoms with Gasteiger partial charge in [0.1, 0.15) is 12.9 Å². The Bertz CT molecular complexity index is 550. The SMILES string of the molecule is CCNC(=NCc1nncn1CC)N1CCN(C(=O)OCC)CC1. The lowest BCUT2D eigenvalue weighted by molar-refractivity contribution is 0.0914. The molecule has 9 nitrogen and oxygen atoms in total. The number of amides is 1. The molecular formula is C15H27N7O2. The molecule has 1 aliphatic rings. The predicted molar refractivity (Wildman–Crippen MR) is 90.7 cm³/mol. The van der Waals surface area contributed by atoms with Crippen LogP contribution in [-0.2, 0) is 17.8 Å². The summed E-state index contributed by atoms with van der Waals surface area (Å²) < 4.78 is 7.03. The van der Waals surface area contributed by atoms with Gasteiger partial charge in [-0.3, -0.25) is 0 Å². The van der Waals surface area contributed by atoms with Gasteiger partial charge in [0.05, 0.1) is 6.61 Å². The van der Waals surface area contributed by atoms with Crippen molar-refractivity contribution in [1.82, 2.24) is 29.9 Å². The Morgan fingerprint density at radius 1 is 1.25 bits per heavy atom. The molecule has 2 rings (SSSR count). The Morgan fingerprint density at radius 3 is 2.58 bits per heavy atom. The van der Waals surface area contributed by atoms with Crippen LogP contribution in [0.1, 0.15) is 26.6 Å². The molecule has 0 aromatic carbocycles. The lowest BCUT2D eigenvalue weighted by atomic mass is 10.3. The monoisotopic (exact) mass is 337 g/mol. The fourth-order valence-electron chi connectivity index (χ4n) is 2.55. The number of ether oxygens (including phenoxy) is 1. The highest BCUT2D eigenvalue weighted by Crippen LogP contribution is 2.06. The Kier molecular flexibility index (Phi) is 6.83. The summed E-state index contributed by atoms with van der Waals surface area (Å²) in [5.74, 6) is 1.68. The Labute approximate surface area is 142 Å². The first-order chi connectivity index (χ1) is 11.7. The number of piperazine rings is 1. The smallest absolute Gasteiger partial charge is 0.409 e. The second-order valence-corrected chi connectivity index (χ2v) is 5.38. The number of hydrogen-bond acceptors (Lipinski definition) is 5. The average Bonchev–Trinajstić information content (AvgIpc) is 3.06. The second-order valence-electron chi connectivity index (χ2n) is 5.38. The van der Waals surface area contributed by atoms with Crippen molar-refractivity contribution in [3.05, 3.63) is 12.2 Å². The van der Waals surface area contributed by atoms with Gasteiger partial charge < -0.3 is 24.4 Å². The van der Waals surface area contributed by atoms with E-state index < -0.39 is 0 Å². The van der Waals surface area contributed by atoms with Gasteiger partial charge in [-0.15, -0.1) is 10.2 Å². The molecule has 1 aromatic heterocycles. The van der Waals surface area contributed by atoms with Gasteiger partial charge in [-0.25, -0.2) is 9.79 Å². The van der Waals surface area contributed by atoms with Crippen molar-refractivity contribution in [3.63, 3.8) is 0 Å². The lowest BCUT2D eigenvalue weighted by Gasteiger charge is -2.35. The lowest BCUT2D eigenvalue weighted by Crippen LogP contribution is -2.53. The number of rotatable bonds is 5. The molecule has 134 valence electrons. The van der Waals surface area contributed by atoms with Gasteiger partial charge in [0, 0.05) is 39.3 Å². The minimum atomic E-state index is -0.241. The zero-order chi connectivity index (χ0) is 17.4. The van der Waals surface area contributed by atoms with Crippen LogP contribution in [0.5, 0.6) is 0 Å². The quantitative estimate of drug-likeness (QED) is 0.623. The van der Waals surface area contributed by atoms with Crippen molar-refractivity contribution in [2.45, 2.75) is 33.9 Å². The van der Waals surface area contributed by atoms with Crippen molar-refractivity contribution in [1.29, 1.82) is 0 Å². The van der Waals surface area contributed by atoms with Crippen LogP contribution in [0.25, 0.3) is 0 Å². The summed E-state index contributed by atoms with van der Waals surface area (Å²) in [6.07, 6.45) is 1.48. The van der Waals surface area contributed by atoms with Gasteiger partial charge in [-0.2, -0.15) is 0 Å². The van der Waals surface area contributed by atoms with Gasteiger partial charge >= 0.3 is 6.09 Å². The standard InChI is InChI=1S/C15H27N7O2/c1-4-16-14(17-11-13-19-18-12-20(13)5-2)21-7-9-22(10-8-21)15(23)24-6-3/h12H,4-11H2,1-3H3,(H,16,17). The van der Waals surface area contributed by atoms with Gasteiger partial charge in [0.15, 0.2) is 11.8 Å². The maximum Gasteiger partial charge on any atom is 0.409 e. The summed E-state index contributed by atoms with van der Waals surface area (Å²) >= 11 is 0. The van der Waals surface area contributed by atoms with Gasteiger partial charge in [0.2, 0.25) is 0 Å². The molecular weight excluding hydrogens is 310 g/mol. The van der Waals surface area contributed by atoms with E-state index in [1.807, 2.05) is 18.4 Å². The molecule has 1 fully saturated rings. The summed E-state index contributed by atoms with van der Waals surface area (Å²) in [6, 6.07) is 0. The van der Waals surface area contributed by atoms with Crippen LogP contribution in [0.15, 0.2) is 11.3 Å². The van der Waals surface area contributed by atoms with Crippen molar-refractivity contribution in [3.8, 4) is 0 Å². The fraction of sp³-hybridized carbons (Fsp3) is 0.733. The first-order valence-electron chi connectivity index (χ1n) is 8.51. The minimum Gasteiger partial charge on any atom is -0.450 e. The van der Waals surface area contributed by atoms with E-state index >= 15 is 0 Å². The van der Waals surface area contributed by atoms with E-state index in [1.54, 1.807) is 11.2 Å². The second kappa shape index (κ2) is 9.09. The number of hydrogen-bond donors (Lipinski definition) is 1. The number of carbonyl (C=O) groups excluding carboxylic acids is 1. The molecule has 1 aromatic rings. The summed E-state index contributed by atoms with van der Waals surface area (Å²) in [5.41, 5.74) is 0. The summed E-state index contributed by atoms with van der Waals surface area (Å²) in [7, 11) is 0. The molecule has 24 heavy (non-hydrogen) atoms. The highest BCUT2D eigenvalue weighted by atomic mass is 16.6. The fourth-order valence-corrected chi connectivity index (χ4v) is 2.55. The van der Waals surface area contributed by atoms with Crippen LogP contribution in [0.2, 0.25) is 0 Å². The maximum absolute atomic E-state index is 11.8. The van der Waals surface area contributed by atoms with Crippen LogP contribution in [0.3, 0.4) is 0 Å². The number of nitrogens with zero attached hydrogens (tertiary/aromatic N) is 6. The first-order valence-corrected chi connectivity index (χ1v) is 8.51. The molecule has 1 saturated heterocycles. The molecule has 0 radical (unpaired) electrons. The number of aromatic nitrogens is 3. The third kappa shape index (κ3) is 4.59. The molecule has 9 heteroatoms. The van der Waals surface area contributed by atoms with Crippen LogP contribution in [0.4, 0.5) is 4.79 Å². The third-order valence-electron chi connectivity index (χ3n) is 3.85. The highest BCUT2D eigenvalue weighted by Gasteiger charge is 2.23. The molecule has 0 bridgehead atoms. The van der Waals surface area contributed by atoms with E-state index in [0.717, 1.165) is 38.0 Å². The molecule has 0 spiro atoms. The zero-order valence-electron chi connectivity index (χ0n) is 14.7. The molecule has 1 amide bonds. The van der Waals surface area contributed by atoms with E-state index in [9.17, 15) is 4.79 Å². The first kappa shape index (κ1) is 18.0. The number of nitrogens with one attached hydrogen (secondary N) is 1. The van der Waals surface area contributed by atoms with E-state index in [-0.39, 0.29) is 6.09 Å². The van der Waals surface area contributed by atoms with E-state index in [0.29, 0.717) is 26.2 Å². The van der Waals surface area contributed by atoms with Crippen LogP contribution < -0.4 is 5.32 Å². The normalized spacial score (nSPS) is 15.5. The van der Waals surface area contributed by atoms with Crippen LogP contribution in [0, 0.1) is 0 Å². The number of aryl methyl sites for hydroxylation is 1. The van der Waals surface area contributed by atoms with Crippen molar-refractivity contribution < 1.29 is 9.53 Å². The molecule has 0 saturated carbocycles. The molecule has 0 atom stereocenters. The van der Waals surface area contributed by atoms with Crippen molar-refractivity contribution >= 4 is 12.1 Å². The Morgan fingerprint density at radius 2 is 1.96 bits per heavy atom. The topological polar surface area (TPSA) is 87.9 Å². The van der Waals surface area contributed by atoms with Gasteiger partial charge in [0.25, 0.3) is 0 Å². The number of carbonyl (C=O) groups is 1. The largest absolute Gasteiger partial charge is 0.450 e.